The van der Waals surface area contributed by atoms with Crippen LogP contribution in [-0.4, -0.2) is 30.0 Å². The van der Waals surface area contributed by atoms with Crippen LogP contribution in [0, 0.1) is 6.92 Å². The Bertz CT molecular complexity index is 878. The molecule has 0 amide bonds. The molecule has 1 fully saturated rings. The van der Waals surface area contributed by atoms with E-state index in [1.807, 2.05) is 0 Å². The fraction of sp³-hybridized carbons (Fsp3) is 0.304. The van der Waals surface area contributed by atoms with Crippen molar-refractivity contribution >= 4 is 23.1 Å². The van der Waals surface area contributed by atoms with Crippen LogP contribution in [0.5, 0.6) is 0 Å². The SMILES string of the molecule is Cc1ccc(/C=C/c2ccc3[nH]cc(C4CCN(C)CC4)c3c2)cc1. The van der Waals surface area contributed by atoms with E-state index in [9.17, 15) is 0 Å². The van der Waals surface area contributed by atoms with E-state index in [1.54, 1.807) is 0 Å². The maximum Gasteiger partial charge on any atom is 0.0457 e. The van der Waals surface area contributed by atoms with Gasteiger partial charge in [0.05, 0.1) is 0 Å². The summed E-state index contributed by atoms with van der Waals surface area (Å²) in [5, 5.41) is 1.39. The van der Waals surface area contributed by atoms with Crippen molar-refractivity contribution in [3.8, 4) is 0 Å². The molecule has 2 heteroatoms. The van der Waals surface area contributed by atoms with E-state index in [1.165, 1.54) is 59.1 Å². The number of hydrogen-bond donors (Lipinski definition) is 1. The Balaban J connectivity index is 1.60. The lowest BCUT2D eigenvalue weighted by molar-refractivity contribution is 0.256. The number of benzene rings is 2. The first-order chi connectivity index (χ1) is 12.2. The maximum absolute atomic E-state index is 3.47. The molecule has 0 aliphatic carbocycles. The molecule has 1 aliphatic heterocycles. The second-order valence-corrected chi connectivity index (χ2v) is 7.37. The van der Waals surface area contributed by atoms with Crippen molar-refractivity contribution in [2.45, 2.75) is 25.7 Å². The molecule has 128 valence electrons. The van der Waals surface area contributed by atoms with Crippen LogP contribution in [0.4, 0.5) is 0 Å². The standard InChI is InChI=1S/C23H26N2/c1-17-3-5-18(6-4-17)7-8-19-9-10-23-21(15-19)22(16-24-23)20-11-13-25(2)14-12-20/h3-10,15-16,20,24H,11-14H2,1-2H3/b8-7+. The van der Waals surface area contributed by atoms with Gasteiger partial charge in [-0.2, -0.15) is 0 Å². The van der Waals surface area contributed by atoms with Gasteiger partial charge in [-0.1, -0.05) is 48.0 Å². The van der Waals surface area contributed by atoms with Gasteiger partial charge in [0.2, 0.25) is 0 Å². The molecule has 0 spiro atoms. The normalized spacial score (nSPS) is 16.9. The molecular weight excluding hydrogens is 304 g/mol. The molecule has 1 N–H and O–H groups in total. The number of fused-ring (bicyclic) bond motifs is 1. The summed E-state index contributed by atoms with van der Waals surface area (Å²) in [7, 11) is 2.22. The number of aryl methyl sites for hydroxylation is 1. The molecule has 1 aromatic heterocycles. The molecule has 0 radical (unpaired) electrons. The highest BCUT2D eigenvalue weighted by atomic mass is 15.1. The second-order valence-electron chi connectivity index (χ2n) is 7.37. The van der Waals surface area contributed by atoms with Crippen LogP contribution >= 0.6 is 0 Å². The minimum Gasteiger partial charge on any atom is -0.361 e. The molecule has 2 nitrogen and oxygen atoms in total. The summed E-state index contributed by atoms with van der Waals surface area (Å²) in [5.74, 6) is 0.682. The van der Waals surface area contributed by atoms with Gasteiger partial charge in [-0.05, 0) is 74.6 Å². The highest BCUT2D eigenvalue weighted by Crippen LogP contribution is 2.33. The molecule has 0 saturated carbocycles. The second kappa shape index (κ2) is 6.89. The maximum atomic E-state index is 3.47. The summed E-state index contributed by atoms with van der Waals surface area (Å²) < 4.78 is 0. The molecule has 25 heavy (non-hydrogen) atoms. The molecular formula is C23H26N2. The van der Waals surface area contributed by atoms with Gasteiger partial charge in [-0.25, -0.2) is 0 Å². The lowest BCUT2D eigenvalue weighted by Gasteiger charge is -2.28. The Hall–Kier alpha value is -2.32. The monoisotopic (exact) mass is 330 g/mol. The van der Waals surface area contributed by atoms with Crippen molar-refractivity contribution in [3.63, 3.8) is 0 Å². The summed E-state index contributed by atoms with van der Waals surface area (Å²) in [6, 6.07) is 15.4. The quantitative estimate of drug-likeness (QED) is 0.632. The van der Waals surface area contributed by atoms with Gasteiger partial charge in [-0.3, -0.25) is 0 Å². The first-order valence-electron chi connectivity index (χ1n) is 9.23. The minimum atomic E-state index is 0.682. The van der Waals surface area contributed by atoms with E-state index < -0.39 is 0 Å². The van der Waals surface area contributed by atoms with Gasteiger partial charge in [0, 0.05) is 17.1 Å². The van der Waals surface area contributed by atoms with Crippen LogP contribution in [0.2, 0.25) is 0 Å². The van der Waals surface area contributed by atoms with E-state index in [0.29, 0.717) is 5.92 Å². The van der Waals surface area contributed by atoms with Gasteiger partial charge in [0.15, 0.2) is 0 Å². The molecule has 0 bridgehead atoms. The first kappa shape index (κ1) is 16.2. The third kappa shape index (κ3) is 3.54. The Morgan fingerprint density at radius 2 is 1.64 bits per heavy atom. The van der Waals surface area contributed by atoms with Crippen LogP contribution in [-0.2, 0) is 0 Å². The van der Waals surface area contributed by atoms with Gasteiger partial charge in [0.1, 0.15) is 0 Å². The summed E-state index contributed by atoms with van der Waals surface area (Å²) in [4.78, 5) is 5.90. The van der Waals surface area contributed by atoms with Crippen molar-refractivity contribution in [3.05, 3.63) is 70.9 Å². The zero-order valence-electron chi connectivity index (χ0n) is 15.1. The van der Waals surface area contributed by atoms with Crippen LogP contribution in [0.3, 0.4) is 0 Å². The van der Waals surface area contributed by atoms with Gasteiger partial charge in [-0.15, -0.1) is 0 Å². The van der Waals surface area contributed by atoms with E-state index in [0.717, 1.165) is 0 Å². The fourth-order valence-electron chi connectivity index (χ4n) is 3.79. The summed E-state index contributed by atoms with van der Waals surface area (Å²) in [6.07, 6.45) is 9.16. The molecule has 2 aromatic carbocycles. The molecule has 1 saturated heterocycles. The minimum absolute atomic E-state index is 0.682. The van der Waals surface area contributed by atoms with E-state index in [-0.39, 0.29) is 0 Å². The lowest BCUT2D eigenvalue weighted by Crippen LogP contribution is -2.29. The van der Waals surface area contributed by atoms with Crippen molar-refractivity contribution < 1.29 is 0 Å². The van der Waals surface area contributed by atoms with Crippen molar-refractivity contribution in [1.82, 2.24) is 9.88 Å². The molecule has 0 atom stereocenters. The van der Waals surface area contributed by atoms with Crippen molar-refractivity contribution in [2.24, 2.45) is 0 Å². The van der Waals surface area contributed by atoms with E-state index in [2.05, 4.69) is 84.7 Å². The topological polar surface area (TPSA) is 19.0 Å². The number of hydrogen-bond acceptors (Lipinski definition) is 1. The zero-order valence-corrected chi connectivity index (χ0v) is 15.1. The molecule has 4 rings (SSSR count). The summed E-state index contributed by atoms with van der Waals surface area (Å²) >= 11 is 0. The number of piperidine rings is 1. The average molecular weight is 330 g/mol. The highest BCUT2D eigenvalue weighted by molar-refractivity contribution is 5.87. The zero-order chi connectivity index (χ0) is 17.2. The number of rotatable bonds is 3. The molecule has 3 aromatic rings. The van der Waals surface area contributed by atoms with Gasteiger partial charge in [0.25, 0.3) is 0 Å². The fourth-order valence-corrected chi connectivity index (χ4v) is 3.79. The number of nitrogens with one attached hydrogen (secondary N) is 1. The Morgan fingerprint density at radius 1 is 0.960 bits per heavy atom. The smallest absolute Gasteiger partial charge is 0.0457 e. The third-order valence-electron chi connectivity index (χ3n) is 5.44. The summed E-state index contributed by atoms with van der Waals surface area (Å²) in [5.41, 5.74) is 6.56. The van der Waals surface area contributed by atoms with Gasteiger partial charge >= 0.3 is 0 Å². The Kier molecular flexibility index (Phi) is 4.46. The molecule has 2 heterocycles. The first-order valence-corrected chi connectivity index (χ1v) is 9.23. The lowest BCUT2D eigenvalue weighted by atomic mass is 9.89. The number of H-pyrrole nitrogens is 1. The molecule has 1 aliphatic rings. The predicted octanol–water partition coefficient (Wildman–Crippen LogP) is 5.46. The van der Waals surface area contributed by atoms with Crippen molar-refractivity contribution in [2.75, 3.05) is 20.1 Å². The van der Waals surface area contributed by atoms with Gasteiger partial charge < -0.3 is 9.88 Å². The number of nitrogens with zero attached hydrogens (tertiary/aromatic N) is 1. The van der Waals surface area contributed by atoms with Crippen LogP contribution in [0.1, 0.15) is 41.0 Å². The van der Waals surface area contributed by atoms with Crippen LogP contribution in [0.15, 0.2) is 48.7 Å². The average Bonchev–Trinajstić information content (AvgIpc) is 3.05. The van der Waals surface area contributed by atoms with Crippen LogP contribution < -0.4 is 0 Å². The van der Waals surface area contributed by atoms with E-state index in [4.69, 9.17) is 0 Å². The Labute approximate surface area is 150 Å². The summed E-state index contributed by atoms with van der Waals surface area (Å²) in [6.45, 7) is 4.52. The predicted molar refractivity (Wildman–Crippen MR) is 108 cm³/mol. The largest absolute Gasteiger partial charge is 0.361 e. The number of aromatic amines is 1. The third-order valence-corrected chi connectivity index (χ3v) is 5.44. The van der Waals surface area contributed by atoms with Crippen molar-refractivity contribution in [1.29, 1.82) is 0 Å². The number of aromatic nitrogens is 1. The highest BCUT2D eigenvalue weighted by Gasteiger charge is 2.20. The number of likely N-dealkylation sites (tertiary alicyclic amines) is 1. The molecule has 0 unspecified atom stereocenters. The van der Waals surface area contributed by atoms with Crippen LogP contribution in [0.25, 0.3) is 23.1 Å². The van der Waals surface area contributed by atoms with E-state index >= 15 is 0 Å². The Morgan fingerprint density at radius 3 is 2.40 bits per heavy atom.